The van der Waals surface area contributed by atoms with Crippen LogP contribution in [0.2, 0.25) is 0 Å². The van der Waals surface area contributed by atoms with Crippen LogP contribution in [-0.4, -0.2) is 87.8 Å². The summed E-state index contributed by atoms with van der Waals surface area (Å²) in [7, 11) is -0.655. The van der Waals surface area contributed by atoms with Crippen LogP contribution in [0.25, 0.3) is 0 Å². The van der Waals surface area contributed by atoms with Gasteiger partial charge in [0, 0.05) is 59.1 Å². The number of nitriles is 1. The zero-order valence-electron chi connectivity index (χ0n) is 18.9. The van der Waals surface area contributed by atoms with Crippen LogP contribution in [0.15, 0.2) is 23.1 Å². The molecule has 0 aliphatic carbocycles. The standard InChI is InChI=1S/C22H33N5O3S/c1-17(2)21(16-23)26-11-13-27(14-12-26)22(28)19-15-18(31(29,30)24(3)4)7-8-20(19)25-9-5-6-10-25/h7-8,15,17,21H,5-6,9-14H2,1-4H3. The molecule has 1 aromatic carbocycles. The van der Waals surface area contributed by atoms with Crippen molar-refractivity contribution in [2.45, 2.75) is 37.6 Å². The molecule has 1 atom stereocenters. The lowest BCUT2D eigenvalue weighted by molar-refractivity contribution is 0.0577. The number of carbonyl (C=O) groups is 1. The lowest BCUT2D eigenvalue weighted by Crippen LogP contribution is -2.53. The number of hydrogen-bond donors (Lipinski definition) is 0. The summed E-state index contributed by atoms with van der Waals surface area (Å²) in [5.41, 5.74) is 1.25. The van der Waals surface area contributed by atoms with Gasteiger partial charge in [0.05, 0.1) is 16.5 Å². The van der Waals surface area contributed by atoms with E-state index in [2.05, 4.69) is 15.9 Å². The molecule has 2 fully saturated rings. The van der Waals surface area contributed by atoms with Crippen molar-refractivity contribution in [1.29, 1.82) is 5.26 Å². The van der Waals surface area contributed by atoms with E-state index in [-0.39, 0.29) is 22.8 Å². The molecule has 2 aliphatic rings. The summed E-state index contributed by atoms with van der Waals surface area (Å²) in [6.07, 6.45) is 2.13. The van der Waals surface area contributed by atoms with Crippen LogP contribution in [0.4, 0.5) is 5.69 Å². The highest BCUT2D eigenvalue weighted by atomic mass is 32.2. The Hall–Kier alpha value is -2.15. The summed E-state index contributed by atoms with van der Waals surface area (Å²) < 4.78 is 26.5. The van der Waals surface area contributed by atoms with Gasteiger partial charge in [0.15, 0.2) is 0 Å². The van der Waals surface area contributed by atoms with Gasteiger partial charge >= 0.3 is 0 Å². The first-order chi connectivity index (χ1) is 14.7. The van der Waals surface area contributed by atoms with E-state index in [1.807, 2.05) is 13.8 Å². The van der Waals surface area contributed by atoms with Crippen LogP contribution in [-0.2, 0) is 10.0 Å². The fraction of sp³-hybridized carbons (Fsp3) is 0.636. The Bertz CT molecular complexity index is 940. The molecule has 0 bridgehead atoms. The molecular formula is C22H33N5O3S. The second-order valence-corrected chi connectivity index (χ2v) is 11.0. The minimum absolute atomic E-state index is 0.131. The number of hydrogen-bond acceptors (Lipinski definition) is 6. The molecule has 2 aliphatic heterocycles. The summed E-state index contributed by atoms with van der Waals surface area (Å²) in [6, 6.07) is 7.11. The van der Waals surface area contributed by atoms with Crippen LogP contribution in [0.5, 0.6) is 0 Å². The molecule has 1 unspecified atom stereocenters. The fourth-order valence-electron chi connectivity index (χ4n) is 4.32. The van der Waals surface area contributed by atoms with Crippen molar-refractivity contribution in [2.75, 3.05) is 58.3 Å². The van der Waals surface area contributed by atoms with Crippen LogP contribution in [0.1, 0.15) is 37.0 Å². The van der Waals surface area contributed by atoms with Gasteiger partial charge in [-0.05, 0) is 37.0 Å². The van der Waals surface area contributed by atoms with Gasteiger partial charge in [0.25, 0.3) is 5.91 Å². The van der Waals surface area contributed by atoms with E-state index in [0.29, 0.717) is 31.7 Å². The van der Waals surface area contributed by atoms with Gasteiger partial charge in [-0.15, -0.1) is 0 Å². The lowest BCUT2D eigenvalue weighted by Gasteiger charge is -2.38. The molecule has 8 nitrogen and oxygen atoms in total. The maximum absolute atomic E-state index is 13.5. The van der Waals surface area contributed by atoms with E-state index < -0.39 is 10.0 Å². The highest BCUT2D eigenvalue weighted by Gasteiger charge is 2.31. The number of benzene rings is 1. The predicted molar refractivity (Wildman–Crippen MR) is 120 cm³/mol. The minimum atomic E-state index is -3.64. The number of piperazine rings is 1. The Morgan fingerprint density at radius 3 is 2.19 bits per heavy atom. The summed E-state index contributed by atoms with van der Waals surface area (Å²) >= 11 is 0. The van der Waals surface area contributed by atoms with Gasteiger partial charge in [0.2, 0.25) is 10.0 Å². The maximum atomic E-state index is 13.5. The second-order valence-electron chi connectivity index (χ2n) is 8.81. The van der Waals surface area contributed by atoms with Crippen molar-refractivity contribution in [1.82, 2.24) is 14.1 Å². The van der Waals surface area contributed by atoms with E-state index in [1.165, 1.54) is 24.5 Å². The maximum Gasteiger partial charge on any atom is 0.256 e. The Morgan fingerprint density at radius 1 is 1.06 bits per heavy atom. The quantitative estimate of drug-likeness (QED) is 0.661. The molecule has 0 saturated carbocycles. The Kier molecular flexibility index (Phi) is 7.24. The van der Waals surface area contributed by atoms with Crippen molar-refractivity contribution < 1.29 is 13.2 Å². The molecule has 9 heteroatoms. The van der Waals surface area contributed by atoms with Gasteiger partial charge < -0.3 is 9.80 Å². The van der Waals surface area contributed by atoms with Crippen LogP contribution in [0, 0.1) is 17.2 Å². The minimum Gasteiger partial charge on any atom is -0.371 e. The number of nitrogens with zero attached hydrogens (tertiary/aromatic N) is 5. The van der Waals surface area contributed by atoms with E-state index in [9.17, 15) is 18.5 Å². The normalized spacial score (nSPS) is 19.1. The van der Waals surface area contributed by atoms with Gasteiger partial charge in [-0.25, -0.2) is 12.7 Å². The van der Waals surface area contributed by atoms with Crippen LogP contribution >= 0.6 is 0 Å². The van der Waals surface area contributed by atoms with Gasteiger partial charge in [0.1, 0.15) is 6.04 Å². The summed E-state index contributed by atoms with van der Waals surface area (Å²) in [5.74, 6) is 0.0809. The molecular weight excluding hydrogens is 414 g/mol. The van der Waals surface area contributed by atoms with Crippen LogP contribution < -0.4 is 4.90 Å². The first-order valence-corrected chi connectivity index (χ1v) is 12.3. The highest BCUT2D eigenvalue weighted by molar-refractivity contribution is 7.89. The van der Waals surface area contributed by atoms with Crippen molar-refractivity contribution in [3.05, 3.63) is 23.8 Å². The molecule has 2 heterocycles. The average Bonchev–Trinajstić information content (AvgIpc) is 3.28. The lowest BCUT2D eigenvalue weighted by atomic mass is 10.0. The topological polar surface area (TPSA) is 88.0 Å². The fourth-order valence-corrected chi connectivity index (χ4v) is 5.25. The van der Waals surface area contributed by atoms with E-state index in [4.69, 9.17) is 0 Å². The number of amides is 1. The monoisotopic (exact) mass is 447 g/mol. The van der Waals surface area contributed by atoms with E-state index in [0.717, 1.165) is 31.6 Å². The summed E-state index contributed by atoms with van der Waals surface area (Å²) in [6.45, 7) is 8.11. The SMILES string of the molecule is CC(C)C(C#N)N1CCN(C(=O)c2cc(S(=O)(=O)N(C)C)ccc2N2CCCC2)CC1. The van der Waals surface area contributed by atoms with Crippen LogP contribution in [0.3, 0.4) is 0 Å². The molecule has 0 aromatic heterocycles. The number of carbonyl (C=O) groups excluding carboxylic acids is 1. The Labute approximate surface area is 186 Å². The van der Waals surface area contributed by atoms with Crippen molar-refractivity contribution >= 4 is 21.6 Å². The third kappa shape index (κ3) is 4.86. The van der Waals surface area contributed by atoms with Gasteiger partial charge in [-0.2, -0.15) is 5.26 Å². The Balaban J connectivity index is 1.88. The molecule has 2 saturated heterocycles. The first-order valence-electron chi connectivity index (χ1n) is 10.9. The molecule has 0 spiro atoms. The molecule has 3 rings (SSSR count). The Morgan fingerprint density at radius 2 is 1.68 bits per heavy atom. The highest BCUT2D eigenvalue weighted by Crippen LogP contribution is 2.29. The molecule has 0 radical (unpaired) electrons. The van der Waals surface area contributed by atoms with Crippen molar-refractivity contribution in [3.8, 4) is 6.07 Å². The number of rotatable bonds is 6. The molecule has 31 heavy (non-hydrogen) atoms. The second kappa shape index (κ2) is 9.55. The molecule has 170 valence electrons. The smallest absolute Gasteiger partial charge is 0.256 e. The summed E-state index contributed by atoms with van der Waals surface area (Å²) in [4.78, 5) is 19.7. The third-order valence-corrected chi connectivity index (χ3v) is 7.99. The molecule has 1 aromatic rings. The third-order valence-electron chi connectivity index (χ3n) is 6.18. The molecule has 0 N–H and O–H groups in total. The molecule has 1 amide bonds. The first kappa shape index (κ1) is 23.5. The predicted octanol–water partition coefficient (Wildman–Crippen LogP) is 1.84. The zero-order valence-corrected chi connectivity index (χ0v) is 19.7. The van der Waals surface area contributed by atoms with Crippen molar-refractivity contribution in [2.24, 2.45) is 5.92 Å². The number of anilines is 1. The largest absolute Gasteiger partial charge is 0.371 e. The summed E-state index contributed by atoms with van der Waals surface area (Å²) in [5, 5.41) is 9.47. The average molecular weight is 448 g/mol. The van der Waals surface area contributed by atoms with E-state index in [1.54, 1.807) is 17.0 Å². The van der Waals surface area contributed by atoms with Crippen molar-refractivity contribution in [3.63, 3.8) is 0 Å². The van der Waals surface area contributed by atoms with Gasteiger partial charge in [-0.3, -0.25) is 9.69 Å². The number of sulfonamides is 1. The van der Waals surface area contributed by atoms with E-state index >= 15 is 0 Å². The van der Waals surface area contributed by atoms with Gasteiger partial charge in [-0.1, -0.05) is 13.8 Å². The zero-order chi connectivity index (χ0) is 22.8.